The zero-order valence-corrected chi connectivity index (χ0v) is 44.2. The molecule has 0 unspecified atom stereocenters. The number of ether oxygens (including phenoxy) is 1. The molecule has 0 aromatic heterocycles. The van der Waals surface area contributed by atoms with Gasteiger partial charge in [-0.15, -0.1) is 0 Å². The molecule has 4 nitrogen and oxygen atoms in total. The largest absolute Gasteiger partial charge is 0.458 e. The molecule has 0 atom stereocenters. The van der Waals surface area contributed by atoms with Gasteiger partial charge in [-0.3, -0.25) is 0 Å². The van der Waals surface area contributed by atoms with E-state index >= 15 is 0 Å². The van der Waals surface area contributed by atoms with Crippen LogP contribution in [0.2, 0.25) is 0 Å². The average Bonchev–Trinajstić information content (AvgIpc) is 3.54. The number of fused-ring (bicyclic) bond motifs is 8. The van der Waals surface area contributed by atoms with Crippen LogP contribution in [0, 0.1) is 62.3 Å². The lowest BCUT2D eigenvalue weighted by atomic mass is 9.30. The molecular weight excluding hydrogens is 908 g/mol. The first-order valence-corrected chi connectivity index (χ1v) is 26.5. The Kier molecular flexibility index (Phi) is 10.1. The van der Waals surface area contributed by atoms with Crippen LogP contribution in [0.15, 0.2) is 182 Å². The molecule has 4 aliphatic rings. The van der Waals surface area contributed by atoms with Gasteiger partial charge < -0.3 is 19.4 Å². The minimum atomic E-state index is -0.0988. The summed E-state index contributed by atoms with van der Waals surface area (Å²) in [6.45, 7) is 19.7. The van der Waals surface area contributed by atoms with Gasteiger partial charge >= 0.3 is 0 Å². The number of benzene rings is 10. The third kappa shape index (κ3) is 7.06. The van der Waals surface area contributed by atoms with E-state index in [0.29, 0.717) is 0 Å². The summed E-state index contributed by atoms with van der Waals surface area (Å²) < 4.78 is 7.60. The van der Waals surface area contributed by atoms with Crippen molar-refractivity contribution in [1.82, 2.24) is 0 Å². The Labute approximate surface area is 442 Å². The number of hydrogen-bond acceptors (Lipinski definition) is 4. The molecule has 14 rings (SSSR count). The highest BCUT2D eigenvalue weighted by molar-refractivity contribution is 7.02. The first-order valence-electron chi connectivity index (χ1n) is 26.5. The van der Waals surface area contributed by atoms with Gasteiger partial charge in [0.2, 0.25) is 0 Å². The lowest BCUT2D eigenvalue weighted by Gasteiger charge is -2.46. The molecular formula is C69H57B2N3O. The van der Waals surface area contributed by atoms with Crippen LogP contribution in [0.4, 0.5) is 51.2 Å². The van der Waals surface area contributed by atoms with Crippen molar-refractivity contribution in [3.63, 3.8) is 0 Å². The topological polar surface area (TPSA) is 19.0 Å². The maximum Gasteiger partial charge on any atom is 0.256 e. The predicted molar refractivity (Wildman–Crippen MR) is 320 cm³/mol. The van der Waals surface area contributed by atoms with Crippen molar-refractivity contribution in [2.75, 3.05) is 14.7 Å². The van der Waals surface area contributed by atoms with Gasteiger partial charge in [-0.1, -0.05) is 142 Å². The van der Waals surface area contributed by atoms with Crippen molar-refractivity contribution in [3.8, 4) is 33.8 Å². The highest BCUT2D eigenvalue weighted by Crippen LogP contribution is 2.49. The van der Waals surface area contributed by atoms with Crippen LogP contribution >= 0.6 is 0 Å². The summed E-state index contributed by atoms with van der Waals surface area (Å²) in [5.41, 5.74) is 33.9. The van der Waals surface area contributed by atoms with Gasteiger partial charge in [-0.2, -0.15) is 0 Å². The van der Waals surface area contributed by atoms with Gasteiger partial charge in [-0.05, 0) is 201 Å². The third-order valence-corrected chi connectivity index (χ3v) is 16.6. The number of anilines is 9. The molecule has 75 heavy (non-hydrogen) atoms. The zero-order valence-electron chi connectivity index (χ0n) is 44.2. The second-order valence-corrected chi connectivity index (χ2v) is 22.0. The van der Waals surface area contributed by atoms with Crippen LogP contribution in [0.1, 0.15) is 50.1 Å². The first kappa shape index (κ1) is 45.2. The van der Waals surface area contributed by atoms with E-state index in [2.05, 4.69) is 259 Å². The second kappa shape index (κ2) is 16.8. The van der Waals surface area contributed by atoms with Crippen molar-refractivity contribution < 1.29 is 4.74 Å². The number of rotatable bonds is 5. The summed E-state index contributed by atoms with van der Waals surface area (Å²) in [6.07, 6.45) is 0. The smallest absolute Gasteiger partial charge is 0.256 e. The predicted octanol–water partition coefficient (Wildman–Crippen LogP) is 14.3. The van der Waals surface area contributed by atoms with Crippen LogP contribution in [0.25, 0.3) is 22.3 Å². The minimum Gasteiger partial charge on any atom is -0.458 e. The Bertz CT molecular complexity index is 4050. The number of aryl methyl sites for hydroxylation is 9. The lowest BCUT2D eigenvalue weighted by Crippen LogP contribution is -2.64. The molecule has 0 bridgehead atoms. The fourth-order valence-corrected chi connectivity index (χ4v) is 12.8. The summed E-state index contributed by atoms with van der Waals surface area (Å²) in [5.74, 6) is 1.79. The van der Waals surface area contributed by atoms with Gasteiger partial charge in [0, 0.05) is 57.3 Å². The quantitative estimate of drug-likeness (QED) is 0.160. The number of nitrogens with zero attached hydrogens (tertiary/aromatic N) is 3. The summed E-state index contributed by atoms with van der Waals surface area (Å²) in [5, 5.41) is 0. The minimum absolute atomic E-state index is 0.0848. The van der Waals surface area contributed by atoms with Crippen molar-refractivity contribution in [1.29, 1.82) is 0 Å². The molecule has 0 saturated heterocycles. The normalized spacial score (nSPS) is 13.4. The molecule has 4 heterocycles. The maximum absolute atomic E-state index is 7.60. The summed E-state index contributed by atoms with van der Waals surface area (Å²) >= 11 is 0. The van der Waals surface area contributed by atoms with E-state index in [0.717, 1.165) is 45.5 Å². The molecule has 360 valence electrons. The fraction of sp³-hybridized carbons (Fsp3) is 0.130. The van der Waals surface area contributed by atoms with Gasteiger partial charge in [0.15, 0.2) is 0 Å². The van der Waals surface area contributed by atoms with E-state index in [9.17, 15) is 0 Å². The standard InChI is InChI=1S/C69H57B2N3O/c1-40-12-22-51(23-13-40)72-60-28-18-45(6)32-56(60)70-58-38-59-66(39-62(58)74(53-26-16-42(3)17-27-53)64-35-49(34-63(72)68(64)70)54-30-43(4)10-20-47(54)8)75-67-37-50(55-31-44(5)11-21-48(55)9)36-65-69(67)71(59)57-33-46(7)19-29-61(57)73(65)52-24-14-41(2)15-25-52/h10-39H,1-9H3. The van der Waals surface area contributed by atoms with Gasteiger partial charge in [0.25, 0.3) is 13.4 Å². The third-order valence-electron chi connectivity index (χ3n) is 16.6. The molecule has 0 fully saturated rings. The van der Waals surface area contributed by atoms with E-state index in [1.165, 1.54) is 122 Å². The summed E-state index contributed by atoms with van der Waals surface area (Å²) in [7, 11) is 0. The second-order valence-electron chi connectivity index (χ2n) is 22.0. The molecule has 6 heteroatoms. The monoisotopic (exact) mass is 965 g/mol. The van der Waals surface area contributed by atoms with Gasteiger partial charge in [-0.25, -0.2) is 0 Å². The molecule has 4 aliphatic heterocycles. The lowest BCUT2D eigenvalue weighted by molar-refractivity contribution is 0.488. The molecule has 0 aliphatic carbocycles. The maximum atomic E-state index is 7.60. The van der Waals surface area contributed by atoms with Crippen molar-refractivity contribution in [2.24, 2.45) is 0 Å². The molecule has 0 saturated carbocycles. The molecule has 0 amide bonds. The van der Waals surface area contributed by atoms with E-state index in [1.54, 1.807) is 0 Å². The highest BCUT2D eigenvalue weighted by atomic mass is 16.5. The van der Waals surface area contributed by atoms with Crippen LogP contribution in [0.5, 0.6) is 11.5 Å². The van der Waals surface area contributed by atoms with Crippen LogP contribution < -0.4 is 52.2 Å². The van der Waals surface area contributed by atoms with E-state index in [-0.39, 0.29) is 13.4 Å². The summed E-state index contributed by atoms with van der Waals surface area (Å²) in [6, 6.07) is 69.6. The van der Waals surface area contributed by atoms with Crippen LogP contribution in [-0.4, -0.2) is 13.4 Å². The molecule has 0 N–H and O–H groups in total. The van der Waals surface area contributed by atoms with E-state index in [4.69, 9.17) is 4.74 Å². The molecule has 10 aromatic carbocycles. The fourth-order valence-electron chi connectivity index (χ4n) is 12.8. The Morgan fingerprint density at radius 2 is 0.653 bits per heavy atom. The zero-order chi connectivity index (χ0) is 51.1. The Morgan fingerprint density at radius 1 is 0.280 bits per heavy atom. The molecule has 0 radical (unpaired) electrons. The SMILES string of the molecule is Cc1ccc(N2c3ccc(C)cc3B3c4cc5c(cc4Oc4cc(-c6cc(C)ccc6C)cc2c43)N(c2ccc(C)cc2)c2cc(-c3cc(C)ccc3C)cc3c2B5c2cc(C)ccc2N3c2ccc(C)cc2)cc1. The van der Waals surface area contributed by atoms with Gasteiger partial charge in [0.05, 0.1) is 0 Å². The van der Waals surface area contributed by atoms with Crippen LogP contribution in [0.3, 0.4) is 0 Å². The van der Waals surface area contributed by atoms with E-state index < -0.39 is 0 Å². The van der Waals surface area contributed by atoms with Crippen molar-refractivity contribution in [2.45, 2.75) is 62.3 Å². The average molecular weight is 966 g/mol. The molecule has 0 spiro atoms. The molecule has 10 aromatic rings. The summed E-state index contributed by atoms with van der Waals surface area (Å²) in [4.78, 5) is 7.57. The Balaban J connectivity index is 1.09. The Morgan fingerprint density at radius 3 is 1.13 bits per heavy atom. The first-order chi connectivity index (χ1) is 36.3. The highest BCUT2D eigenvalue weighted by Gasteiger charge is 2.48. The van der Waals surface area contributed by atoms with Crippen molar-refractivity contribution in [3.05, 3.63) is 232 Å². The Hall–Kier alpha value is -8.47. The van der Waals surface area contributed by atoms with Crippen molar-refractivity contribution >= 4 is 97.4 Å². The van der Waals surface area contributed by atoms with Gasteiger partial charge in [0.1, 0.15) is 11.5 Å². The van der Waals surface area contributed by atoms with Crippen LogP contribution in [-0.2, 0) is 0 Å². The van der Waals surface area contributed by atoms with E-state index in [1.807, 2.05) is 0 Å². The number of hydrogen-bond donors (Lipinski definition) is 0.